The van der Waals surface area contributed by atoms with E-state index in [9.17, 15) is 0 Å². The lowest BCUT2D eigenvalue weighted by Crippen LogP contribution is -1.87. The van der Waals surface area contributed by atoms with Crippen molar-refractivity contribution in [1.82, 2.24) is 0 Å². The summed E-state index contributed by atoms with van der Waals surface area (Å²) in [4.78, 5) is 0. The second-order valence-electron chi connectivity index (χ2n) is 1.28. The Kier molecular flexibility index (Phi) is 6.76. The molecule has 1 aromatic rings. The molecular formula is C4H8Br2N2S. The predicted octanol–water partition coefficient (Wildman–Crippen LogP) is 2.07. The zero-order valence-electron chi connectivity index (χ0n) is 4.53. The lowest BCUT2D eigenvalue weighted by Gasteiger charge is -1.82. The van der Waals surface area contributed by atoms with Gasteiger partial charge in [-0.05, 0) is 0 Å². The summed E-state index contributed by atoms with van der Waals surface area (Å²) < 4.78 is 0. The summed E-state index contributed by atoms with van der Waals surface area (Å²) in [6, 6.07) is 0. The van der Waals surface area contributed by atoms with Crippen LogP contribution in [0.2, 0.25) is 0 Å². The highest BCUT2D eigenvalue weighted by Crippen LogP contribution is 2.17. The molecule has 0 aliphatic carbocycles. The number of hydrogen-bond donors (Lipinski definition) is 2. The van der Waals surface area contributed by atoms with Crippen molar-refractivity contribution in [3.63, 3.8) is 0 Å². The number of rotatable bonds is 0. The number of hydrogen-bond acceptors (Lipinski definition) is 3. The summed E-state index contributed by atoms with van der Waals surface area (Å²) in [7, 11) is 0. The number of thiophene rings is 1. The van der Waals surface area contributed by atoms with E-state index >= 15 is 0 Å². The average Bonchev–Trinajstić information content (AvgIpc) is 1.91. The van der Waals surface area contributed by atoms with Crippen LogP contribution in [0.15, 0.2) is 10.8 Å². The third kappa shape index (κ3) is 3.07. The lowest BCUT2D eigenvalue weighted by atomic mass is 10.5. The largest absolute Gasteiger partial charge is 0.396 e. The van der Waals surface area contributed by atoms with Crippen molar-refractivity contribution in [1.29, 1.82) is 0 Å². The molecule has 0 spiro atoms. The molecule has 0 fully saturated rings. The third-order valence-corrected chi connectivity index (χ3v) is 1.50. The average molecular weight is 276 g/mol. The normalized spacial score (nSPS) is 7.11. The molecule has 9 heavy (non-hydrogen) atoms. The van der Waals surface area contributed by atoms with E-state index in [4.69, 9.17) is 11.5 Å². The van der Waals surface area contributed by atoms with Crippen LogP contribution in [0.25, 0.3) is 0 Å². The molecule has 5 heteroatoms. The molecule has 0 saturated heterocycles. The fourth-order valence-corrected chi connectivity index (χ4v) is 0.950. The van der Waals surface area contributed by atoms with Crippen molar-refractivity contribution in [3.05, 3.63) is 10.8 Å². The molecule has 0 aliphatic heterocycles. The molecule has 0 bridgehead atoms. The van der Waals surface area contributed by atoms with E-state index in [1.165, 1.54) is 11.3 Å². The van der Waals surface area contributed by atoms with Gasteiger partial charge in [0.05, 0.1) is 11.4 Å². The Labute approximate surface area is 78.8 Å². The van der Waals surface area contributed by atoms with Gasteiger partial charge in [-0.2, -0.15) is 0 Å². The zero-order valence-corrected chi connectivity index (χ0v) is 8.78. The Hall–Kier alpha value is 0.260. The lowest BCUT2D eigenvalue weighted by molar-refractivity contribution is 1.82. The summed E-state index contributed by atoms with van der Waals surface area (Å²) in [6.07, 6.45) is 0. The van der Waals surface area contributed by atoms with Crippen molar-refractivity contribution in [2.24, 2.45) is 0 Å². The van der Waals surface area contributed by atoms with Gasteiger partial charge in [0, 0.05) is 10.8 Å². The molecule has 1 rings (SSSR count). The van der Waals surface area contributed by atoms with Crippen LogP contribution in [-0.4, -0.2) is 0 Å². The first-order valence-electron chi connectivity index (χ1n) is 1.88. The summed E-state index contributed by atoms with van der Waals surface area (Å²) in [6.45, 7) is 0. The van der Waals surface area contributed by atoms with Gasteiger partial charge in [0.25, 0.3) is 0 Å². The highest BCUT2D eigenvalue weighted by molar-refractivity contribution is 8.93. The van der Waals surface area contributed by atoms with Gasteiger partial charge in [0.15, 0.2) is 0 Å². The zero-order chi connectivity index (χ0) is 5.28. The van der Waals surface area contributed by atoms with Crippen molar-refractivity contribution < 1.29 is 0 Å². The van der Waals surface area contributed by atoms with E-state index in [2.05, 4.69) is 0 Å². The highest BCUT2D eigenvalue weighted by Gasteiger charge is 1.88. The van der Waals surface area contributed by atoms with Gasteiger partial charge in [-0.25, -0.2) is 0 Å². The van der Waals surface area contributed by atoms with E-state index in [-0.39, 0.29) is 34.0 Å². The number of halogens is 2. The number of nitrogens with two attached hydrogens (primary N) is 2. The first-order valence-corrected chi connectivity index (χ1v) is 2.82. The first kappa shape index (κ1) is 12.0. The molecule has 1 aromatic heterocycles. The van der Waals surface area contributed by atoms with Gasteiger partial charge < -0.3 is 11.5 Å². The molecule has 54 valence electrons. The maximum Gasteiger partial charge on any atom is 0.0656 e. The van der Waals surface area contributed by atoms with Crippen LogP contribution in [0, 0.1) is 0 Å². The van der Waals surface area contributed by atoms with Crippen molar-refractivity contribution >= 4 is 56.7 Å². The molecule has 0 unspecified atom stereocenters. The highest BCUT2D eigenvalue weighted by atomic mass is 79.9. The number of anilines is 2. The summed E-state index contributed by atoms with van der Waals surface area (Å²) >= 11 is 1.52. The van der Waals surface area contributed by atoms with Crippen LogP contribution in [-0.2, 0) is 0 Å². The van der Waals surface area contributed by atoms with Crippen LogP contribution in [0.5, 0.6) is 0 Å². The van der Waals surface area contributed by atoms with Crippen LogP contribution in [0.3, 0.4) is 0 Å². The fourth-order valence-electron chi connectivity index (χ4n) is 0.317. The van der Waals surface area contributed by atoms with Gasteiger partial charge in [0.2, 0.25) is 0 Å². The molecule has 0 amide bonds. The van der Waals surface area contributed by atoms with Crippen LogP contribution < -0.4 is 11.5 Å². The van der Waals surface area contributed by atoms with Gasteiger partial charge in [-0.3, -0.25) is 0 Å². The fraction of sp³-hybridized carbons (Fsp3) is 0. The standard InChI is InChI=1S/C4H6N2S.2BrH/c5-3-1-7-2-4(3)6;;/h1-2H,5-6H2;2*1H. The molecule has 2 nitrogen and oxygen atoms in total. The van der Waals surface area contributed by atoms with Crippen LogP contribution in [0.1, 0.15) is 0 Å². The Morgan fingerprint density at radius 3 is 1.44 bits per heavy atom. The smallest absolute Gasteiger partial charge is 0.0656 e. The second-order valence-corrected chi connectivity index (χ2v) is 2.03. The van der Waals surface area contributed by atoms with Crippen LogP contribution in [0.4, 0.5) is 11.4 Å². The summed E-state index contributed by atoms with van der Waals surface area (Å²) in [5, 5.41) is 3.63. The van der Waals surface area contributed by atoms with E-state index in [1.807, 2.05) is 10.8 Å². The van der Waals surface area contributed by atoms with Crippen molar-refractivity contribution in [2.75, 3.05) is 11.5 Å². The van der Waals surface area contributed by atoms with Gasteiger partial charge >= 0.3 is 0 Å². The van der Waals surface area contributed by atoms with E-state index in [0.29, 0.717) is 11.4 Å². The second kappa shape index (κ2) is 5.08. The van der Waals surface area contributed by atoms with Crippen LogP contribution >= 0.6 is 45.3 Å². The Balaban J connectivity index is 0. The van der Waals surface area contributed by atoms with E-state index in [1.54, 1.807) is 0 Å². The van der Waals surface area contributed by atoms with Gasteiger partial charge in [-0.15, -0.1) is 45.3 Å². The molecule has 0 aliphatic rings. The summed E-state index contributed by atoms with van der Waals surface area (Å²) in [5.74, 6) is 0. The summed E-state index contributed by atoms with van der Waals surface area (Å²) in [5.41, 5.74) is 12.0. The Morgan fingerprint density at radius 1 is 1.00 bits per heavy atom. The van der Waals surface area contributed by atoms with E-state index in [0.717, 1.165) is 0 Å². The maximum atomic E-state index is 5.33. The molecule has 0 aromatic carbocycles. The SMILES string of the molecule is Br.Br.Nc1cscc1N. The minimum atomic E-state index is 0. The minimum Gasteiger partial charge on any atom is -0.396 e. The quantitative estimate of drug-likeness (QED) is 0.762. The van der Waals surface area contributed by atoms with E-state index < -0.39 is 0 Å². The van der Waals surface area contributed by atoms with Crippen molar-refractivity contribution in [2.45, 2.75) is 0 Å². The molecular weight excluding hydrogens is 268 g/mol. The van der Waals surface area contributed by atoms with Gasteiger partial charge in [0.1, 0.15) is 0 Å². The first-order chi connectivity index (χ1) is 3.30. The Bertz CT molecular complexity index is 149. The third-order valence-electron chi connectivity index (χ3n) is 0.723. The van der Waals surface area contributed by atoms with Gasteiger partial charge in [-0.1, -0.05) is 0 Å². The molecule has 0 radical (unpaired) electrons. The molecule has 1 heterocycles. The topological polar surface area (TPSA) is 52.0 Å². The predicted molar refractivity (Wildman–Crippen MR) is 53.8 cm³/mol. The van der Waals surface area contributed by atoms with Crippen molar-refractivity contribution in [3.8, 4) is 0 Å². The minimum absolute atomic E-state index is 0. The molecule has 0 atom stereocenters. The monoisotopic (exact) mass is 274 g/mol. The molecule has 0 saturated carbocycles. The Morgan fingerprint density at radius 2 is 1.33 bits per heavy atom. The maximum absolute atomic E-state index is 5.33. The number of nitrogen functional groups attached to an aromatic ring is 2. The molecule has 4 N–H and O–H groups in total.